The summed E-state index contributed by atoms with van der Waals surface area (Å²) in [6, 6.07) is 9.37. The first kappa shape index (κ1) is 19.4. The van der Waals surface area contributed by atoms with E-state index < -0.39 is 12.1 Å². The van der Waals surface area contributed by atoms with E-state index in [1.807, 2.05) is 30.3 Å². The third-order valence-corrected chi connectivity index (χ3v) is 6.03. The molecule has 0 spiro atoms. The Hall–Kier alpha value is -2.34. The van der Waals surface area contributed by atoms with Crippen LogP contribution in [-0.2, 0) is 28.9 Å². The van der Waals surface area contributed by atoms with Gasteiger partial charge in [0.05, 0.1) is 7.11 Å². The molecule has 27 heavy (non-hydrogen) atoms. The van der Waals surface area contributed by atoms with Crippen molar-refractivity contribution in [1.82, 2.24) is 5.32 Å². The van der Waals surface area contributed by atoms with Gasteiger partial charge < -0.3 is 14.8 Å². The van der Waals surface area contributed by atoms with Crippen molar-refractivity contribution in [2.24, 2.45) is 5.92 Å². The monoisotopic (exact) mass is 387 g/mol. The zero-order valence-electron chi connectivity index (χ0n) is 15.9. The maximum atomic E-state index is 12.4. The van der Waals surface area contributed by atoms with Crippen molar-refractivity contribution in [2.75, 3.05) is 7.11 Å². The van der Waals surface area contributed by atoms with Crippen LogP contribution in [0.2, 0.25) is 0 Å². The van der Waals surface area contributed by atoms with Crippen LogP contribution in [0.3, 0.4) is 0 Å². The predicted molar refractivity (Wildman–Crippen MR) is 105 cm³/mol. The van der Waals surface area contributed by atoms with Gasteiger partial charge in [-0.25, -0.2) is 4.79 Å². The Labute approximate surface area is 163 Å². The smallest absolute Gasteiger partial charge is 0.349 e. The molecule has 0 fully saturated rings. The molecular weight excluding hydrogens is 362 g/mol. The number of rotatable bonds is 6. The number of methoxy groups -OCH3 is 1. The first-order valence-corrected chi connectivity index (χ1v) is 10.0. The Kier molecular flexibility index (Phi) is 6.16. The maximum Gasteiger partial charge on any atom is 0.349 e. The molecule has 2 atom stereocenters. The van der Waals surface area contributed by atoms with Gasteiger partial charge in [0.25, 0.3) is 5.91 Å². The van der Waals surface area contributed by atoms with Crippen LogP contribution in [0.15, 0.2) is 30.3 Å². The number of carbonyl (C=O) groups excluding carboxylic acids is 2. The quantitative estimate of drug-likeness (QED) is 0.767. The van der Waals surface area contributed by atoms with Gasteiger partial charge in [-0.1, -0.05) is 19.1 Å². The van der Waals surface area contributed by atoms with Gasteiger partial charge in [-0.2, -0.15) is 0 Å². The zero-order valence-corrected chi connectivity index (χ0v) is 16.7. The molecule has 6 heteroatoms. The summed E-state index contributed by atoms with van der Waals surface area (Å²) in [6.45, 7) is 4.20. The summed E-state index contributed by atoms with van der Waals surface area (Å²) in [5.74, 6) is 0.683. The van der Waals surface area contributed by atoms with Crippen molar-refractivity contribution in [3.63, 3.8) is 0 Å². The van der Waals surface area contributed by atoms with Gasteiger partial charge in [-0.05, 0) is 61.4 Å². The van der Waals surface area contributed by atoms with E-state index in [0.717, 1.165) is 30.6 Å². The molecule has 1 amide bonds. The van der Waals surface area contributed by atoms with Gasteiger partial charge in [0.2, 0.25) is 0 Å². The fourth-order valence-electron chi connectivity index (χ4n) is 3.15. The third-order valence-electron chi connectivity index (χ3n) is 4.81. The van der Waals surface area contributed by atoms with E-state index in [1.165, 1.54) is 21.8 Å². The second-order valence-corrected chi connectivity index (χ2v) is 8.16. The lowest BCUT2D eigenvalue weighted by Gasteiger charge is -2.16. The molecule has 0 saturated heterocycles. The second-order valence-electron chi connectivity index (χ2n) is 7.02. The number of thiophene rings is 1. The van der Waals surface area contributed by atoms with Crippen LogP contribution in [0.1, 0.15) is 45.9 Å². The number of fused-ring (bicyclic) bond motifs is 1. The highest BCUT2D eigenvalue weighted by molar-refractivity contribution is 7.14. The fraction of sp³-hybridized carbons (Fsp3) is 0.429. The summed E-state index contributed by atoms with van der Waals surface area (Å²) in [5, 5.41) is 2.79. The Morgan fingerprint density at radius 3 is 2.74 bits per heavy atom. The van der Waals surface area contributed by atoms with Crippen LogP contribution < -0.4 is 10.1 Å². The van der Waals surface area contributed by atoms with Crippen molar-refractivity contribution < 1.29 is 19.1 Å². The number of hydrogen-bond donors (Lipinski definition) is 1. The van der Waals surface area contributed by atoms with Crippen molar-refractivity contribution in [3.05, 3.63) is 51.2 Å². The SMILES string of the molecule is COc1ccc(CNC(=O)[C@H](C)OC(=O)c2cc3c(s2)CC[C@H](C)C3)cc1. The molecule has 5 nitrogen and oxygen atoms in total. The number of carbonyl (C=O) groups is 2. The zero-order chi connectivity index (χ0) is 19.4. The van der Waals surface area contributed by atoms with Crippen LogP contribution in [0.25, 0.3) is 0 Å². The number of hydrogen-bond acceptors (Lipinski definition) is 5. The molecule has 0 aliphatic heterocycles. The summed E-state index contributed by atoms with van der Waals surface area (Å²) >= 11 is 1.49. The summed E-state index contributed by atoms with van der Waals surface area (Å²) in [6.07, 6.45) is 2.35. The van der Waals surface area contributed by atoms with Crippen molar-refractivity contribution in [3.8, 4) is 5.75 Å². The predicted octanol–water partition coefficient (Wildman–Crippen LogP) is 3.74. The molecule has 1 aromatic heterocycles. The first-order chi connectivity index (χ1) is 13.0. The van der Waals surface area contributed by atoms with Crippen LogP contribution in [0.4, 0.5) is 0 Å². The van der Waals surface area contributed by atoms with E-state index in [1.54, 1.807) is 14.0 Å². The number of benzene rings is 1. The van der Waals surface area contributed by atoms with E-state index in [9.17, 15) is 9.59 Å². The normalized spacial score (nSPS) is 16.9. The Morgan fingerprint density at radius 1 is 1.30 bits per heavy atom. The topological polar surface area (TPSA) is 64.6 Å². The number of ether oxygens (including phenoxy) is 2. The average molecular weight is 388 g/mol. The van der Waals surface area contributed by atoms with Gasteiger partial charge in [-0.15, -0.1) is 11.3 Å². The number of amides is 1. The molecule has 1 heterocycles. The summed E-state index contributed by atoms with van der Waals surface area (Å²) in [7, 11) is 1.61. The fourth-order valence-corrected chi connectivity index (χ4v) is 4.25. The van der Waals surface area contributed by atoms with Crippen LogP contribution in [0.5, 0.6) is 5.75 Å². The minimum Gasteiger partial charge on any atom is -0.497 e. The Balaban J connectivity index is 1.52. The largest absolute Gasteiger partial charge is 0.497 e. The van der Waals surface area contributed by atoms with Crippen LogP contribution >= 0.6 is 11.3 Å². The molecule has 0 unspecified atom stereocenters. The molecular formula is C21H25NO4S. The molecule has 1 aromatic carbocycles. The lowest BCUT2D eigenvalue weighted by atomic mass is 9.90. The molecule has 0 saturated carbocycles. The molecule has 1 aliphatic rings. The molecule has 144 valence electrons. The van der Waals surface area contributed by atoms with E-state index in [2.05, 4.69) is 12.2 Å². The lowest BCUT2D eigenvalue weighted by molar-refractivity contribution is -0.129. The Morgan fingerprint density at radius 2 is 2.04 bits per heavy atom. The maximum absolute atomic E-state index is 12.4. The van der Waals surface area contributed by atoms with E-state index in [-0.39, 0.29) is 5.91 Å². The number of nitrogens with one attached hydrogen (secondary N) is 1. The number of esters is 1. The molecule has 0 bridgehead atoms. The third kappa shape index (κ3) is 4.89. The number of aryl methyl sites for hydroxylation is 1. The van der Waals surface area contributed by atoms with Crippen LogP contribution in [0, 0.1) is 5.92 Å². The molecule has 2 aromatic rings. The summed E-state index contributed by atoms with van der Waals surface area (Å²) in [4.78, 5) is 26.5. The molecule has 1 N–H and O–H groups in total. The van der Waals surface area contributed by atoms with E-state index >= 15 is 0 Å². The summed E-state index contributed by atoms with van der Waals surface area (Å²) in [5.41, 5.74) is 2.20. The van der Waals surface area contributed by atoms with Crippen molar-refractivity contribution >= 4 is 23.2 Å². The van der Waals surface area contributed by atoms with E-state index in [0.29, 0.717) is 17.3 Å². The van der Waals surface area contributed by atoms with Gasteiger partial charge in [-0.3, -0.25) is 4.79 Å². The van der Waals surface area contributed by atoms with Gasteiger partial charge >= 0.3 is 5.97 Å². The van der Waals surface area contributed by atoms with Crippen molar-refractivity contribution in [1.29, 1.82) is 0 Å². The highest BCUT2D eigenvalue weighted by Crippen LogP contribution is 2.32. The minimum atomic E-state index is -0.839. The highest BCUT2D eigenvalue weighted by Gasteiger charge is 2.24. The van der Waals surface area contributed by atoms with Crippen LogP contribution in [-0.4, -0.2) is 25.1 Å². The van der Waals surface area contributed by atoms with Gasteiger partial charge in [0.1, 0.15) is 10.6 Å². The van der Waals surface area contributed by atoms with Crippen molar-refractivity contribution in [2.45, 2.75) is 45.8 Å². The minimum absolute atomic E-state index is 0.311. The Bertz CT molecular complexity index is 812. The second kappa shape index (κ2) is 8.57. The lowest BCUT2D eigenvalue weighted by Crippen LogP contribution is -2.35. The van der Waals surface area contributed by atoms with E-state index in [4.69, 9.17) is 9.47 Å². The standard InChI is InChI=1S/C21H25NO4S/c1-13-4-9-18-16(10-13)11-19(27-18)21(24)26-14(2)20(23)22-12-15-5-7-17(25-3)8-6-15/h5-8,11,13-14H,4,9-10,12H2,1-3H3,(H,22,23)/t13-,14-/m0/s1. The average Bonchev–Trinajstić information content (AvgIpc) is 3.09. The van der Waals surface area contributed by atoms with Gasteiger partial charge in [0, 0.05) is 11.4 Å². The molecule has 0 radical (unpaired) electrons. The van der Waals surface area contributed by atoms with Gasteiger partial charge in [0.15, 0.2) is 6.10 Å². The summed E-state index contributed by atoms with van der Waals surface area (Å²) < 4.78 is 10.5. The highest BCUT2D eigenvalue weighted by atomic mass is 32.1. The molecule has 3 rings (SSSR count). The first-order valence-electron chi connectivity index (χ1n) is 9.19. The molecule has 1 aliphatic carbocycles.